The molecule has 142 valence electrons. The molecule has 1 saturated heterocycles. The van der Waals surface area contributed by atoms with Crippen LogP contribution in [0.3, 0.4) is 0 Å². The van der Waals surface area contributed by atoms with Crippen LogP contribution >= 0.6 is 11.3 Å². The quantitative estimate of drug-likeness (QED) is 0.483. The molecule has 2 aromatic heterocycles. The lowest BCUT2D eigenvalue weighted by molar-refractivity contribution is -0.121. The van der Waals surface area contributed by atoms with Gasteiger partial charge in [0.05, 0.1) is 11.3 Å². The van der Waals surface area contributed by atoms with Crippen molar-refractivity contribution in [3.8, 4) is 0 Å². The number of hydrogen-bond acceptors (Lipinski definition) is 8. The fourth-order valence-corrected chi connectivity index (χ4v) is 3.72. The first kappa shape index (κ1) is 18.0. The van der Waals surface area contributed by atoms with E-state index in [0.29, 0.717) is 21.3 Å². The number of carbonyl (C=O) groups excluding carboxylic acids is 3. The van der Waals surface area contributed by atoms with Crippen molar-refractivity contribution >= 4 is 39.8 Å². The number of esters is 1. The molecule has 1 aliphatic rings. The van der Waals surface area contributed by atoms with Crippen LogP contribution in [0.4, 0.5) is 5.69 Å². The van der Waals surface area contributed by atoms with Gasteiger partial charge in [0.25, 0.3) is 5.56 Å². The zero-order valence-electron chi connectivity index (χ0n) is 14.7. The highest BCUT2D eigenvalue weighted by atomic mass is 32.1. The molecule has 28 heavy (non-hydrogen) atoms. The Morgan fingerprint density at radius 1 is 1.18 bits per heavy atom. The highest BCUT2D eigenvalue weighted by Gasteiger charge is 2.30. The van der Waals surface area contributed by atoms with Crippen molar-refractivity contribution < 1.29 is 19.1 Å². The Morgan fingerprint density at radius 3 is 2.68 bits per heavy atom. The normalized spacial score (nSPS) is 14.1. The summed E-state index contributed by atoms with van der Waals surface area (Å²) in [7, 11) is 0. The third-order valence-corrected chi connectivity index (χ3v) is 5.02. The molecule has 0 unspecified atom stereocenters. The molecule has 0 N–H and O–H groups in total. The first-order valence-corrected chi connectivity index (χ1v) is 9.23. The standard InChI is InChI=1S/C18H14N4O5S/c1-10-7-16(25)22-18(19-10)28-13(20-22)9-27-17(26)11-3-2-4-12(8-11)21-14(23)5-6-15(21)24/h2-4,7-8H,5-6,9H2,1H3. The van der Waals surface area contributed by atoms with E-state index in [0.717, 1.165) is 20.8 Å². The Kier molecular flexibility index (Phi) is 4.47. The van der Waals surface area contributed by atoms with Gasteiger partial charge in [-0.05, 0) is 25.1 Å². The largest absolute Gasteiger partial charge is 0.455 e. The molecule has 10 heteroatoms. The number of carbonyl (C=O) groups is 3. The molecule has 2 amide bonds. The second-order valence-electron chi connectivity index (χ2n) is 6.18. The predicted molar refractivity (Wildman–Crippen MR) is 99.2 cm³/mol. The zero-order valence-corrected chi connectivity index (χ0v) is 15.6. The highest BCUT2D eigenvalue weighted by Crippen LogP contribution is 2.24. The summed E-state index contributed by atoms with van der Waals surface area (Å²) >= 11 is 1.15. The van der Waals surface area contributed by atoms with Crippen LogP contribution in [0.2, 0.25) is 0 Å². The Bertz CT molecular complexity index is 1170. The number of rotatable bonds is 4. The summed E-state index contributed by atoms with van der Waals surface area (Å²) in [5, 5.41) is 4.53. The molecular formula is C18H14N4O5S. The molecule has 1 fully saturated rings. The number of nitrogens with zero attached hydrogens (tertiary/aromatic N) is 4. The van der Waals surface area contributed by atoms with E-state index in [1.807, 2.05) is 0 Å². The van der Waals surface area contributed by atoms with E-state index in [-0.39, 0.29) is 42.4 Å². The molecule has 9 nitrogen and oxygen atoms in total. The van der Waals surface area contributed by atoms with Crippen LogP contribution in [0.15, 0.2) is 35.1 Å². The van der Waals surface area contributed by atoms with Gasteiger partial charge in [-0.2, -0.15) is 9.61 Å². The molecule has 1 aliphatic heterocycles. The van der Waals surface area contributed by atoms with Crippen molar-refractivity contribution in [2.75, 3.05) is 4.90 Å². The van der Waals surface area contributed by atoms with Gasteiger partial charge in [0.1, 0.15) is 6.61 Å². The Morgan fingerprint density at radius 2 is 1.93 bits per heavy atom. The highest BCUT2D eigenvalue weighted by molar-refractivity contribution is 7.16. The molecule has 0 saturated carbocycles. The fraction of sp³-hybridized carbons (Fsp3) is 0.222. The van der Waals surface area contributed by atoms with Crippen LogP contribution in [-0.2, 0) is 20.9 Å². The average molecular weight is 398 g/mol. The molecule has 0 bridgehead atoms. The number of amides is 2. The maximum absolute atomic E-state index is 12.4. The SMILES string of the molecule is Cc1cc(=O)n2nc(COC(=O)c3cccc(N4C(=O)CCC4=O)c3)sc2n1. The van der Waals surface area contributed by atoms with Gasteiger partial charge >= 0.3 is 5.97 Å². The van der Waals surface area contributed by atoms with Gasteiger partial charge in [0.2, 0.25) is 16.8 Å². The van der Waals surface area contributed by atoms with Crippen molar-refractivity contribution in [3.63, 3.8) is 0 Å². The smallest absolute Gasteiger partial charge is 0.338 e. The first-order valence-electron chi connectivity index (χ1n) is 8.42. The topological polar surface area (TPSA) is 111 Å². The predicted octanol–water partition coefficient (Wildman–Crippen LogP) is 1.47. The lowest BCUT2D eigenvalue weighted by Crippen LogP contribution is -2.28. The zero-order chi connectivity index (χ0) is 19.8. The molecule has 0 spiro atoms. The molecule has 3 heterocycles. The summed E-state index contributed by atoms with van der Waals surface area (Å²) in [4.78, 5) is 53.7. The minimum absolute atomic E-state index is 0.128. The monoisotopic (exact) mass is 398 g/mol. The Labute approximate surface area is 162 Å². The molecule has 0 atom stereocenters. The Balaban J connectivity index is 1.51. The van der Waals surface area contributed by atoms with Crippen molar-refractivity contribution in [2.24, 2.45) is 0 Å². The third-order valence-electron chi connectivity index (χ3n) is 4.13. The number of fused-ring (bicyclic) bond motifs is 1. The van der Waals surface area contributed by atoms with Gasteiger partial charge in [0, 0.05) is 24.6 Å². The summed E-state index contributed by atoms with van der Waals surface area (Å²) in [6.07, 6.45) is 0.329. The lowest BCUT2D eigenvalue weighted by Gasteiger charge is -2.14. The maximum atomic E-state index is 12.4. The molecule has 0 radical (unpaired) electrons. The van der Waals surface area contributed by atoms with Gasteiger partial charge in [-0.15, -0.1) is 0 Å². The summed E-state index contributed by atoms with van der Waals surface area (Å²) in [5.41, 5.74) is 0.828. The fourth-order valence-electron chi connectivity index (χ4n) is 2.87. The number of aryl methyl sites for hydroxylation is 1. The molecule has 4 rings (SSSR count). The summed E-state index contributed by atoms with van der Waals surface area (Å²) in [5.74, 6) is -1.21. The average Bonchev–Trinajstić information content (AvgIpc) is 3.22. The summed E-state index contributed by atoms with van der Waals surface area (Å²) in [6.45, 7) is 1.58. The van der Waals surface area contributed by atoms with Crippen LogP contribution < -0.4 is 10.5 Å². The summed E-state index contributed by atoms with van der Waals surface area (Å²) < 4.78 is 6.42. The molecule has 1 aromatic carbocycles. The second kappa shape index (κ2) is 6.97. The number of anilines is 1. The van der Waals surface area contributed by atoms with E-state index in [1.165, 1.54) is 18.2 Å². The van der Waals surface area contributed by atoms with E-state index >= 15 is 0 Å². The van der Waals surface area contributed by atoms with Crippen LogP contribution in [0.25, 0.3) is 4.96 Å². The van der Waals surface area contributed by atoms with Crippen molar-refractivity contribution in [2.45, 2.75) is 26.4 Å². The van der Waals surface area contributed by atoms with Gasteiger partial charge in [0.15, 0.2) is 5.01 Å². The van der Waals surface area contributed by atoms with Gasteiger partial charge in [-0.3, -0.25) is 19.3 Å². The number of hydrogen-bond donors (Lipinski definition) is 0. The van der Waals surface area contributed by atoms with E-state index in [4.69, 9.17) is 4.74 Å². The van der Waals surface area contributed by atoms with E-state index in [1.54, 1.807) is 19.1 Å². The molecule has 0 aliphatic carbocycles. The van der Waals surface area contributed by atoms with Crippen molar-refractivity contribution in [3.05, 3.63) is 57.0 Å². The summed E-state index contributed by atoms with van der Waals surface area (Å²) in [6, 6.07) is 7.51. The van der Waals surface area contributed by atoms with Crippen LogP contribution in [0.5, 0.6) is 0 Å². The third kappa shape index (κ3) is 3.29. The number of aromatic nitrogens is 3. The lowest BCUT2D eigenvalue weighted by atomic mass is 10.2. The van der Waals surface area contributed by atoms with E-state index < -0.39 is 5.97 Å². The minimum Gasteiger partial charge on any atom is -0.455 e. The van der Waals surface area contributed by atoms with Gasteiger partial charge in [-0.1, -0.05) is 17.4 Å². The maximum Gasteiger partial charge on any atom is 0.338 e. The van der Waals surface area contributed by atoms with Gasteiger partial charge < -0.3 is 4.74 Å². The van der Waals surface area contributed by atoms with Crippen molar-refractivity contribution in [1.82, 2.24) is 14.6 Å². The Hall–Kier alpha value is -3.40. The van der Waals surface area contributed by atoms with Gasteiger partial charge in [-0.25, -0.2) is 9.78 Å². The van der Waals surface area contributed by atoms with Crippen LogP contribution in [0, 0.1) is 6.92 Å². The molecular weight excluding hydrogens is 384 g/mol. The van der Waals surface area contributed by atoms with E-state index in [2.05, 4.69) is 10.1 Å². The number of ether oxygens (including phenoxy) is 1. The number of benzene rings is 1. The first-order chi connectivity index (χ1) is 13.4. The number of imide groups is 1. The van der Waals surface area contributed by atoms with Crippen molar-refractivity contribution in [1.29, 1.82) is 0 Å². The van der Waals surface area contributed by atoms with Crippen LogP contribution in [-0.4, -0.2) is 32.4 Å². The van der Waals surface area contributed by atoms with E-state index in [9.17, 15) is 19.2 Å². The van der Waals surface area contributed by atoms with Crippen LogP contribution in [0.1, 0.15) is 33.9 Å². The second-order valence-corrected chi connectivity index (χ2v) is 7.22. The minimum atomic E-state index is -0.628. The molecule has 3 aromatic rings.